The molecule has 0 N–H and O–H groups in total. The number of rotatable bonds is 4. The molecular formula is C29H43NO. The standard InChI is InChI=1S/C29H43NO/c1-20-9-11-23-22(19-20)10-12-25-24(23)15-17-29(2)26(25)13-14-27(29)28(31)30(3)18-16-21-7-5-4-6-8-21/h4-8,20,22-27H,9-19H2,1-3H3. The number of carbonyl (C=O) groups excluding carboxylic acids is 1. The topological polar surface area (TPSA) is 20.3 Å². The molecule has 1 aromatic carbocycles. The van der Waals surface area contributed by atoms with E-state index in [-0.39, 0.29) is 11.3 Å². The zero-order valence-electron chi connectivity index (χ0n) is 20.1. The lowest BCUT2D eigenvalue weighted by atomic mass is 9.49. The number of carbonyl (C=O) groups is 1. The Kier molecular flexibility index (Phi) is 5.95. The van der Waals surface area contributed by atoms with Gasteiger partial charge in [0, 0.05) is 19.5 Å². The molecule has 8 unspecified atom stereocenters. The van der Waals surface area contributed by atoms with Gasteiger partial charge in [-0.05, 0) is 104 Å². The Morgan fingerprint density at radius 3 is 2.55 bits per heavy atom. The van der Waals surface area contributed by atoms with Crippen LogP contribution in [0.5, 0.6) is 0 Å². The van der Waals surface area contributed by atoms with Crippen molar-refractivity contribution in [1.29, 1.82) is 0 Å². The third-order valence-electron chi connectivity index (χ3n) is 10.5. The van der Waals surface area contributed by atoms with E-state index in [1.54, 1.807) is 0 Å². The first kappa shape index (κ1) is 21.5. The minimum atomic E-state index is 0.244. The Morgan fingerprint density at radius 1 is 0.968 bits per heavy atom. The summed E-state index contributed by atoms with van der Waals surface area (Å²) in [7, 11) is 2.04. The second-order valence-corrected chi connectivity index (χ2v) is 12.0. The van der Waals surface area contributed by atoms with Gasteiger partial charge in [0.25, 0.3) is 0 Å². The maximum absolute atomic E-state index is 13.6. The number of likely N-dealkylation sites (N-methyl/N-ethyl adjacent to an activating group) is 1. The van der Waals surface area contributed by atoms with Gasteiger partial charge in [-0.15, -0.1) is 0 Å². The molecule has 4 fully saturated rings. The van der Waals surface area contributed by atoms with Gasteiger partial charge in [0.1, 0.15) is 0 Å². The van der Waals surface area contributed by atoms with E-state index in [1.165, 1.54) is 56.9 Å². The number of benzene rings is 1. The highest BCUT2D eigenvalue weighted by Gasteiger charge is 2.58. The van der Waals surface area contributed by atoms with Crippen molar-refractivity contribution in [2.75, 3.05) is 13.6 Å². The van der Waals surface area contributed by atoms with Crippen LogP contribution in [0.3, 0.4) is 0 Å². The summed E-state index contributed by atoms with van der Waals surface area (Å²) in [6, 6.07) is 10.6. The molecule has 170 valence electrons. The highest BCUT2D eigenvalue weighted by Crippen LogP contribution is 2.64. The van der Waals surface area contributed by atoms with Crippen molar-refractivity contribution in [3.63, 3.8) is 0 Å². The van der Waals surface area contributed by atoms with Crippen LogP contribution in [0.1, 0.15) is 77.2 Å². The van der Waals surface area contributed by atoms with Crippen LogP contribution in [0, 0.1) is 46.8 Å². The Labute approximate surface area is 190 Å². The van der Waals surface area contributed by atoms with Gasteiger partial charge in [0.15, 0.2) is 0 Å². The Bertz CT molecular complexity index is 774. The third-order valence-corrected chi connectivity index (χ3v) is 10.5. The van der Waals surface area contributed by atoms with E-state index in [2.05, 4.69) is 49.1 Å². The summed E-state index contributed by atoms with van der Waals surface area (Å²) >= 11 is 0. The number of amides is 1. The van der Waals surface area contributed by atoms with Gasteiger partial charge in [-0.3, -0.25) is 4.79 Å². The van der Waals surface area contributed by atoms with E-state index >= 15 is 0 Å². The molecule has 5 rings (SSSR count). The van der Waals surface area contributed by atoms with Crippen LogP contribution in [0.4, 0.5) is 0 Å². The highest BCUT2D eigenvalue weighted by atomic mass is 16.2. The van der Waals surface area contributed by atoms with Crippen LogP contribution in [0.25, 0.3) is 0 Å². The SMILES string of the molecule is CC1CCC2C(CCC3C2CCC2(C)C(C(=O)N(C)CCc4ccccc4)CCC32)C1. The summed E-state index contributed by atoms with van der Waals surface area (Å²) in [5.74, 6) is 6.31. The Morgan fingerprint density at radius 2 is 1.74 bits per heavy atom. The number of nitrogens with zero attached hydrogens (tertiary/aromatic N) is 1. The van der Waals surface area contributed by atoms with Gasteiger partial charge in [-0.25, -0.2) is 0 Å². The van der Waals surface area contributed by atoms with Gasteiger partial charge in [0.05, 0.1) is 0 Å². The Balaban J connectivity index is 1.25. The lowest BCUT2D eigenvalue weighted by Crippen LogP contribution is -2.50. The van der Waals surface area contributed by atoms with Gasteiger partial charge < -0.3 is 4.90 Å². The van der Waals surface area contributed by atoms with Crippen molar-refractivity contribution in [2.24, 2.45) is 46.8 Å². The smallest absolute Gasteiger partial charge is 0.225 e. The van der Waals surface area contributed by atoms with Gasteiger partial charge in [-0.1, -0.05) is 50.6 Å². The van der Waals surface area contributed by atoms with Crippen LogP contribution in [0.2, 0.25) is 0 Å². The van der Waals surface area contributed by atoms with E-state index in [9.17, 15) is 4.79 Å². The molecule has 0 spiro atoms. The minimum Gasteiger partial charge on any atom is -0.345 e. The van der Waals surface area contributed by atoms with Crippen molar-refractivity contribution < 1.29 is 4.79 Å². The zero-order chi connectivity index (χ0) is 21.6. The van der Waals surface area contributed by atoms with Crippen LogP contribution >= 0.6 is 0 Å². The largest absolute Gasteiger partial charge is 0.345 e. The van der Waals surface area contributed by atoms with Gasteiger partial charge in [0.2, 0.25) is 5.91 Å². The molecule has 1 amide bonds. The third kappa shape index (κ3) is 3.87. The first-order valence-corrected chi connectivity index (χ1v) is 13.3. The zero-order valence-corrected chi connectivity index (χ0v) is 20.1. The molecule has 1 aromatic rings. The molecule has 4 aliphatic carbocycles. The second-order valence-electron chi connectivity index (χ2n) is 12.0. The van der Waals surface area contributed by atoms with Crippen molar-refractivity contribution in [3.05, 3.63) is 35.9 Å². The lowest BCUT2D eigenvalue weighted by Gasteiger charge is -2.56. The summed E-state index contributed by atoms with van der Waals surface area (Å²) in [5, 5.41) is 0. The van der Waals surface area contributed by atoms with E-state index in [0.29, 0.717) is 5.91 Å². The van der Waals surface area contributed by atoms with Crippen molar-refractivity contribution in [3.8, 4) is 0 Å². The molecule has 4 saturated carbocycles. The molecule has 2 nitrogen and oxygen atoms in total. The summed E-state index contributed by atoms with van der Waals surface area (Å²) < 4.78 is 0. The maximum atomic E-state index is 13.6. The quantitative estimate of drug-likeness (QED) is 0.537. The molecule has 0 heterocycles. The van der Waals surface area contributed by atoms with Crippen LogP contribution in [-0.2, 0) is 11.2 Å². The van der Waals surface area contributed by atoms with E-state index in [1.807, 2.05) is 7.05 Å². The van der Waals surface area contributed by atoms with Crippen molar-refractivity contribution >= 4 is 5.91 Å². The monoisotopic (exact) mass is 421 g/mol. The summed E-state index contributed by atoms with van der Waals surface area (Å²) in [6.07, 6.45) is 13.4. The predicted molar refractivity (Wildman–Crippen MR) is 128 cm³/mol. The maximum Gasteiger partial charge on any atom is 0.225 e. The first-order chi connectivity index (χ1) is 15.0. The molecule has 0 aliphatic heterocycles. The molecule has 4 aliphatic rings. The van der Waals surface area contributed by atoms with Gasteiger partial charge in [-0.2, -0.15) is 0 Å². The Hall–Kier alpha value is -1.31. The van der Waals surface area contributed by atoms with Crippen molar-refractivity contribution in [1.82, 2.24) is 4.90 Å². The molecule has 2 heteroatoms. The van der Waals surface area contributed by atoms with Crippen molar-refractivity contribution in [2.45, 2.75) is 78.1 Å². The fourth-order valence-electron chi connectivity index (χ4n) is 8.81. The number of hydrogen-bond donors (Lipinski definition) is 0. The first-order valence-electron chi connectivity index (χ1n) is 13.3. The summed E-state index contributed by atoms with van der Waals surface area (Å²) in [6.45, 7) is 5.82. The lowest BCUT2D eigenvalue weighted by molar-refractivity contribution is -0.141. The molecular weight excluding hydrogens is 378 g/mol. The molecule has 0 saturated heterocycles. The van der Waals surface area contributed by atoms with Crippen LogP contribution in [-0.4, -0.2) is 24.4 Å². The molecule has 0 bridgehead atoms. The highest BCUT2D eigenvalue weighted by molar-refractivity contribution is 5.80. The molecule has 0 aromatic heterocycles. The number of hydrogen-bond acceptors (Lipinski definition) is 1. The summed E-state index contributed by atoms with van der Waals surface area (Å²) in [4.78, 5) is 15.6. The molecule has 31 heavy (non-hydrogen) atoms. The fraction of sp³-hybridized carbons (Fsp3) is 0.759. The molecule has 0 radical (unpaired) electrons. The van der Waals surface area contributed by atoms with Crippen LogP contribution < -0.4 is 0 Å². The number of fused-ring (bicyclic) bond motifs is 5. The summed E-state index contributed by atoms with van der Waals surface area (Å²) in [5.41, 5.74) is 1.57. The predicted octanol–water partition coefficient (Wildman–Crippen LogP) is 6.59. The average Bonchev–Trinajstić information content (AvgIpc) is 3.14. The normalized spacial score (nSPS) is 41.7. The van der Waals surface area contributed by atoms with E-state index < -0.39 is 0 Å². The van der Waals surface area contributed by atoms with Crippen LogP contribution in [0.15, 0.2) is 30.3 Å². The minimum absolute atomic E-state index is 0.244. The van der Waals surface area contributed by atoms with E-state index in [4.69, 9.17) is 0 Å². The van der Waals surface area contributed by atoms with Gasteiger partial charge >= 0.3 is 0 Å². The fourth-order valence-corrected chi connectivity index (χ4v) is 8.81. The van der Waals surface area contributed by atoms with E-state index in [0.717, 1.165) is 54.9 Å². The molecule has 8 atom stereocenters. The average molecular weight is 422 g/mol. The second kappa shape index (κ2) is 8.56.